The fourth-order valence-corrected chi connectivity index (χ4v) is 4.97. The molecule has 0 saturated carbocycles. The molecule has 1 amide bonds. The van der Waals surface area contributed by atoms with Crippen molar-refractivity contribution in [3.63, 3.8) is 0 Å². The maximum absolute atomic E-state index is 12.3. The Labute approximate surface area is 202 Å². The smallest absolute Gasteiger partial charge is 0.469 e. The standard InChI is InChI=1S/C25H38NO7P/c1-5-6-7-9-19-15-22(26(25(28)29)12-8-13-33-34(30,31)32)24(23(27)16-19)21-14-18(4)10-11-20(21)17(2)3/h14-16,20-21,27H,2,5-13H2,1,3-4H3,(H,28,29)(H2,30,31,32)/t20-,21+/m0/s1. The van der Waals surface area contributed by atoms with Gasteiger partial charge in [-0.15, -0.1) is 0 Å². The van der Waals surface area contributed by atoms with Crippen LogP contribution in [0.1, 0.15) is 76.3 Å². The molecule has 0 heterocycles. The van der Waals surface area contributed by atoms with Crippen molar-refractivity contribution in [1.29, 1.82) is 0 Å². The Morgan fingerprint density at radius 3 is 2.56 bits per heavy atom. The van der Waals surface area contributed by atoms with Crippen LogP contribution < -0.4 is 4.90 Å². The third-order valence-corrected chi connectivity index (χ3v) is 6.80. The van der Waals surface area contributed by atoms with Crippen LogP contribution in [-0.4, -0.2) is 39.2 Å². The molecule has 8 nitrogen and oxygen atoms in total. The number of unbranched alkanes of at least 4 members (excludes halogenated alkanes) is 2. The van der Waals surface area contributed by atoms with Crippen LogP contribution in [0.2, 0.25) is 0 Å². The third kappa shape index (κ3) is 7.98. The van der Waals surface area contributed by atoms with Gasteiger partial charge < -0.3 is 20.0 Å². The first kappa shape index (κ1) is 28.1. The highest BCUT2D eigenvalue weighted by Gasteiger charge is 2.32. The number of phenols is 1. The summed E-state index contributed by atoms with van der Waals surface area (Å²) in [7, 11) is -4.63. The number of aromatic hydroxyl groups is 1. The Morgan fingerprint density at radius 2 is 1.97 bits per heavy atom. The van der Waals surface area contributed by atoms with Crippen molar-refractivity contribution in [3.8, 4) is 5.75 Å². The zero-order valence-corrected chi connectivity index (χ0v) is 21.3. The average molecular weight is 496 g/mol. The van der Waals surface area contributed by atoms with Crippen LogP contribution in [0, 0.1) is 5.92 Å². The van der Waals surface area contributed by atoms with Crippen LogP contribution in [-0.2, 0) is 15.5 Å². The average Bonchev–Trinajstić information content (AvgIpc) is 2.72. The fraction of sp³-hybridized carbons (Fsp3) is 0.560. The molecule has 0 radical (unpaired) electrons. The van der Waals surface area contributed by atoms with Crippen LogP contribution in [0.3, 0.4) is 0 Å². The quantitative estimate of drug-likeness (QED) is 0.156. The summed E-state index contributed by atoms with van der Waals surface area (Å²) in [6.45, 7) is 9.91. The Balaban J connectivity index is 2.53. The highest BCUT2D eigenvalue weighted by molar-refractivity contribution is 7.46. The van der Waals surface area contributed by atoms with Crippen molar-refractivity contribution in [2.24, 2.45) is 5.92 Å². The van der Waals surface area contributed by atoms with Gasteiger partial charge in [0.15, 0.2) is 0 Å². The molecule has 190 valence electrons. The van der Waals surface area contributed by atoms with Gasteiger partial charge in [-0.25, -0.2) is 9.36 Å². The molecule has 0 unspecified atom stereocenters. The van der Waals surface area contributed by atoms with E-state index in [4.69, 9.17) is 9.79 Å². The highest BCUT2D eigenvalue weighted by atomic mass is 31.2. The second-order valence-corrected chi connectivity index (χ2v) is 10.4. The van der Waals surface area contributed by atoms with E-state index in [-0.39, 0.29) is 37.2 Å². The number of allylic oxidation sites excluding steroid dienone is 3. The number of aryl methyl sites for hydroxylation is 1. The van der Waals surface area contributed by atoms with Gasteiger partial charge in [0, 0.05) is 18.0 Å². The summed E-state index contributed by atoms with van der Waals surface area (Å²) in [6.07, 6.45) is 6.47. The minimum atomic E-state index is -4.63. The molecule has 0 saturated heterocycles. The Bertz CT molecular complexity index is 953. The summed E-state index contributed by atoms with van der Waals surface area (Å²) in [4.78, 5) is 31.3. The molecule has 0 spiro atoms. The van der Waals surface area contributed by atoms with Crippen LogP contribution >= 0.6 is 7.82 Å². The van der Waals surface area contributed by atoms with Crippen molar-refractivity contribution >= 4 is 19.6 Å². The molecular formula is C25H38NO7P. The lowest BCUT2D eigenvalue weighted by molar-refractivity contribution is 0.192. The van der Waals surface area contributed by atoms with Crippen molar-refractivity contribution in [3.05, 3.63) is 47.1 Å². The van der Waals surface area contributed by atoms with E-state index in [1.807, 2.05) is 19.9 Å². The minimum Gasteiger partial charge on any atom is -0.508 e. The number of carboxylic acid groups (broad SMARTS) is 1. The highest BCUT2D eigenvalue weighted by Crippen LogP contribution is 2.47. The van der Waals surface area contributed by atoms with E-state index in [1.54, 1.807) is 6.07 Å². The molecule has 0 bridgehead atoms. The third-order valence-electron chi connectivity index (χ3n) is 6.29. The van der Waals surface area contributed by atoms with Gasteiger partial charge in [0.25, 0.3) is 0 Å². The predicted molar refractivity (Wildman–Crippen MR) is 133 cm³/mol. The van der Waals surface area contributed by atoms with Crippen molar-refractivity contribution in [2.45, 2.75) is 71.6 Å². The maximum atomic E-state index is 12.3. The Morgan fingerprint density at radius 1 is 1.26 bits per heavy atom. The van der Waals surface area contributed by atoms with Crippen LogP contribution in [0.4, 0.5) is 10.5 Å². The van der Waals surface area contributed by atoms with E-state index in [0.717, 1.165) is 48.1 Å². The number of hydrogen-bond donors (Lipinski definition) is 4. The molecule has 1 aliphatic carbocycles. The van der Waals surface area contributed by atoms with E-state index in [2.05, 4.69) is 24.1 Å². The number of hydrogen-bond acceptors (Lipinski definition) is 4. The van der Waals surface area contributed by atoms with Gasteiger partial charge in [0.2, 0.25) is 0 Å². The number of phosphoric acid groups is 1. The summed E-state index contributed by atoms with van der Waals surface area (Å²) >= 11 is 0. The molecule has 34 heavy (non-hydrogen) atoms. The summed E-state index contributed by atoms with van der Waals surface area (Å²) in [5, 5.41) is 21.2. The summed E-state index contributed by atoms with van der Waals surface area (Å²) in [5.74, 6) is -0.101. The van der Waals surface area contributed by atoms with E-state index >= 15 is 0 Å². The maximum Gasteiger partial charge on any atom is 0.469 e. The zero-order chi connectivity index (χ0) is 25.5. The predicted octanol–water partition coefficient (Wildman–Crippen LogP) is 6.12. The number of carbonyl (C=O) groups is 1. The van der Waals surface area contributed by atoms with E-state index in [1.165, 1.54) is 5.57 Å². The van der Waals surface area contributed by atoms with Crippen molar-refractivity contribution in [1.82, 2.24) is 0 Å². The van der Waals surface area contributed by atoms with E-state index in [9.17, 15) is 19.6 Å². The second kappa shape index (κ2) is 12.5. The lowest BCUT2D eigenvalue weighted by atomic mass is 9.73. The molecule has 4 N–H and O–H groups in total. The Kier molecular flexibility index (Phi) is 10.4. The van der Waals surface area contributed by atoms with Gasteiger partial charge >= 0.3 is 13.9 Å². The van der Waals surface area contributed by atoms with Crippen LogP contribution in [0.5, 0.6) is 5.75 Å². The van der Waals surface area contributed by atoms with Crippen molar-refractivity contribution < 1.29 is 33.9 Å². The molecule has 0 fully saturated rings. The van der Waals surface area contributed by atoms with Gasteiger partial charge in [0.1, 0.15) is 5.75 Å². The summed E-state index contributed by atoms with van der Waals surface area (Å²) in [6, 6.07) is 3.56. The number of benzene rings is 1. The lowest BCUT2D eigenvalue weighted by Gasteiger charge is -2.34. The zero-order valence-electron chi connectivity index (χ0n) is 20.4. The number of nitrogens with zero attached hydrogens (tertiary/aromatic N) is 1. The normalized spacial score (nSPS) is 18.4. The summed E-state index contributed by atoms with van der Waals surface area (Å²) < 4.78 is 15.5. The molecule has 2 rings (SSSR count). The number of rotatable bonds is 12. The molecule has 9 heteroatoms. The largest absolute Gasteiger partial charge is 0.508 e. The first-order valence-electron chi connectivity index (χ1n) is 11.8. The summed E-state index contributed by atoms with van der Waals surface area (Å²) in [5.41, 5.74) is 3.95. The molecule has 1 aromatic carbocycles. The van der Waals surface area contributed by atoms with Crippen molar-refractivity contribution in [2.75, 3.05) is 18.1 Å². The van der Waals surface area contributed by atoms with Gasteiger partial charge in [0.05, 0.1) is 12.3 Å². The van der Waals surface area contributed by atoms with Gasteiger partial charge in [-0.1, -0.05) is 43.6 Å². The van der Waals surface area contributed by atoms with Gasteiger partial charge in [-0.3, -0.25) is 9.42 Å². The number of phosphoric ester groups is 1. The fourth-order valence-electron chi connectivity index (χ4n) is 4.60. The van der Waals surface area contributed by atoms with Gasteiger partial charge in [-0.2, -0.15) is 0 Å². The molecule has 1 aliphatic rings. The minimum absolute atomic E-state index is 0.0344. The molecule has 0 aromatic heterocycles. The topological polar surface area (TPSA) is 128 Å². The number of phenolic OH excluding ortho intramolecular Hbond substituents is 1. The number of amides is 1. The second-order valence-electron chi connectivity index (χ2n) is 9.15. The van der Waals surface area contributed by atoms with Gasteiger partial charge in [-0.05, 0) is 69.6 Å². The first-order valence-corrected chi connectivity index (χ1v) is 13.4. The first-order chi connectivity index (χ1) is 15.9. The SMILES string of the molecule is C=C(C)[C@@H]1CCC(C)=C[C@H]1c1c(O)cc(CCCCC)cc1N(CCCOP(=O)(O)O)C(=O)O. The monoisotopic (exact) mass is 495 g/mol. The van der Waals surface area contributed by atoms with Crippen LogP contribution in [0.25, 0.3) is 0 Å². The molecular weight excluding hydrogens is 457 g/mol. The number of anilines is 1. The molecule has 2 atom stereocenters. The molecule has 0 aliphatic heterocycles. The van der Waals surface area contributed by atoms with E-state index < -0.39 is 13.9 Å². The van der Waals surface area contributed by atoms with Crippen LogP contribution in [0.15, 0.2) is 35.9 Å². The lowest BCUT2D eigenvalue weighted by Crippen LogP contribution is -2.33. The Hall–Kier alpha value is -2.12. The molecule has 1 aromatic rings. The van der Waals surface area contributed by atoms with E-state index in [0.29, 0.717) is 17.7 Å².